The number of hydrogen-bond donors (Lipinski definition) is 0. The third-order valence-electron chi connectivity index (χ3n) is 5.03. The van der Waals surface area contributed by atoms with Crippen molar-refractivity contribution in [1.29, 1.82) is 0 Å². The maximum atomic E-state index is 12.8. The molecular formula is C20H22N4O2. The predicted octanol–water partition coefficient (Wildman–Crippen LogP) is 3.07. The van der Waals surface area contributed by atoms with Gasteiger partial charge in [-0.3, -0.25) is 4.79 Å². The smallest absolute Gasteiger partial charge is 0.253 e. The van der Waals surface area contributed by atoms with E-state index in [0.717, 1.165) is 37.3 Å². The zero-order chi connectivity index (χ0) is 18.1. The van der Waals surface area contributed by atoms with Crippen molar-refractivity contribution in [2.45, 2.75) is 25.7 Å². The van der Waals surface area contributed by atoms with E-state index in [1.165, 1.54) is 5.69 Å². The summed E-state index contributed by atoms with van der Waals surface area (Å²) >= 11 is 0. The number of rotatable bonds is 3. The minimum Gasteiger partial charge on any atom is -0.497 e. The summed E-state index contributed by atoms with van der Waals surface area (Å²) in [5.41, 5.74) is 3.71. The van der Waals surface area contributed by atoms with Crippen molar-refractivity contribution in [2.24, 2.45) is 0 Å². The minimum atomic E-state index is 0.0668. The standard InChI is InChI=1S/C20H22N4O2/c1-14-12-19-21-9-6-18(24(19)22-14)15-7-10-23(11-8-15)20(25)16-4-3-5-17(13-16)26-2/h3-6,9,12-13,15H,7-8,10-11H2,1-2H3. The Morgan fingerprint density at radius 2 is 2.00 bits per heavy atom. The molecule has 1 aliphatic heterocycles. The normalized spacial score (nSPS) is 15.4. The molecule has 0 saturated carbocycles. The maximum absolute atomic E-state index is 12.8. The van der Waals surface area contributed by atoms with Crippen LogP contribution >= 0.6 is 0 Å². The molecule has 1 aromatic carbocycles. The lowest BCUT2D eigenvalue weighted by Gasteiger charge is -2.32. The van der Waals surface area contributed by atoms with E-state index in [4.69, 9.17) is 4.74 Å². The van der Waals surface area contributed by atoms with Crippen molar-refractivity contribution in [3.8, 4) is 5.75 Å². The van der Waals surface area contributed by atoms with Gasteiger partial charge in [-0.25, -0.2) is 9.50 Å². The fourth-order valence-electron chi connectivity index (χ4n) is 3.65. The summed E-state index contributed by atoms with van der Waals surface area (Å²) in [6, 6.07) is 11.4. The fourth-order valence-corrected chi connectivity index (χ4v) is 3.65. The molecule has 1 saturated heterocycles. The van der Waals surface area contributed by atoms with E-state index in [0.29, 0.717) is 17.2 Å². The highest BCUT2D eigenvalue weighted by Gasteiger charge is 2.26. The van der Waals surface area contributed by atoms with Gasteiger partial charge in [0.15, 0.2) is 5.65 Å². The number of piperidine rings is 1. The van der Waals surface area contributed by atoms with Crippen LogP contribution in [0.25, 0.3) is 5.65 Å². The Morgan fingerprint density at radius 3 is 2.77 bits per heavy atom. The zero-order valence-corrected chi connectivity index (χ0v) is 15.1. The Labute approximate surface area is 152 Å². The summed E-state index contributed by atoms with van der Waals surface area (Å²) in [6.07, 6.45) is 3.70. The van der Waals surface area contributed by atoms with Crippen LogP contribution in [0.1, 0.15) is 40.5 Å². The van der Waals surface area contributed by atoms with Gasteiger partial charge < -0.3 is 9.64 Å². The number of nitrogens with zero attached hydrogens (tertiary/aromatic N) is 4. The highest BCUT2D eigenvalue weighted by atomic mass is 16.5. The van der Waals surface area contributed by atoms with Crippen molar-refractivity contribution in [3.63, 3.8) is 0 Å². The van der Waals surface area contributed by atoms with Crippen molar-refractivity contribution < 1.29 is 9.53 Å². The molecule has 0 atom stereocenters. The summed E-state index contributed by atoms with van der Waals surface area (Å²) in [7, 11) is 1.61. The summed E-state index contributed by atoms with van der Waals surface area (Å²) in [4.78, 5) is 19.1. The fraction of sp³-hybridized carbons (Fsp3) is 0.350. The van der Waals surface area contributed by atoms with Gasteiger partial charge in [0.05, 0.1) is 12.8 Å². The molecule has 4 rings (SSSR count). The van der Waals surface area contributed by atoms with Gasteiger partial charge in [-0.05, 0) is 44.0 Å². The zero-order valence-electron chi connectivity index (χ0n) is 15.1. The van der Waals surface area contributed by atoms with Crippen molar-refractivity contribution in [1.82, 2.24) is 19.5 Å². The third-order valence-corrected chi connectivity index (χ3v) is 5.03. The van der Waals surface area contributed by atoms with Gasteiger partial charge in [-0.1, -0.05) is 6.07 Å². The number of likely N-dealkylation sites (tertiary alicyclic amines) is 1. The molecular weight excluding hydrogens is 328 g/mol. The van der Waals surface area contributed by atoms with Crippen LogP contribution in [0.4, 0.5) is 0 Å². The first-order valence-corrected chi connectivity index (χ1v) is 8.90. The van der Waals surface area contributed by atoms with Crippen LogP contribution in [-0.4, -0.2) is 45.6 Å². The maximum Gasteiger partial charge on any atom is 0.253 e. The Bertz CT molecular complexity index is 942. The Morgan fingerprint density at radius 1 is 1.19 bits per heavy atom. The topological polar surface area (TPSA) is 59.7 Å². The Balaban J connectivity index is 1.49. The molecule has 3 aromatic rings. The molecule has 3 heterocycles. The Kier molecular flexibility index (Phi) is 4.32. The number of aryl methyl sites for hydroxylation is 1. The minimum absolute atomic E-state index is 0.0668. The molecule has 1 amide bonds. The van der Waals surface area contributed by atoms with E-state index < -0.39 is 0 Å². The number of fused-ring (bicyclic) bond motifs is 1. The number of hydrogen-bond acceptors (Lipinski definition) is 4. The van der Waals surface area contributed by atoms with E-state index in [-0.39, 0.29) is 5.91 Å². The van der Waals surface area contributed by atoms with Gasteiger partial charge in [0.1, 0.15) is 5.75 Å². The number of carbonyl (C=O) groups is 1. The highest BCUT2D eigenvalue weighted by molar-refractivity contribution is 5.94. The second kappa shape index (κ2) is 6.78. The lowest BCUT2D eigenvalue weighted by atomic mass is 9.93. The number of methoxy groups -OCH3 is 1. The molecule has 26 heavy (non-hydrogen) atoms. The number of aromatic nitrogens is 3. The number of ether oxygens (including phenoxy) is 1. The highest BCUT2D eigenvalue weighted by Crippen LogP contribution is 2.29. The van der Waals surface area contributed by atoms with Crippen molar-refractivity contribution in [2.75, 3.05) is 20.2 Å². The first kappa shape index (κ1) is 16.6. The van der Waals surface area contributed by atoms with Gasteiger partial charge in [-0.15, -0.1) is 0 Å². The van der Waals surface area contributed by atoms with Crippen LogP contribution in [0, 0.1) is 6.92 Å². The van der Waals surface area contributed by atoms with Crippen LogP contribution in [-0.2, 0) is 0 Å². The van der Waals surface area contributed by atoms with E-state index >= 15 is 0 Å². The van der Waals surface area contributed by atoms with Gasteiger partial charge in [0.25, 0.3) is 5.91 Å². The molecule has 2 aromatic heterocycles. The van der Waals surface area contributed by atoms with Crippen LogP contribution in [0.2, 0.25) is 0 Å². The molecule has 0 N–H and O–H groups in total. The predicted molar refractivity (Wildman–Crippen MR) is 98.6 cm³/mol. The second-order valence-corrected chi connectivity index (χ2v) is 6.72. The molecule has 0 unspecified atom stereocenters. The average molecular weight is 350 g/mol. The molecule has 6 heteroatoms. The van der Waals surface area contributed by atoms with Crippen molar-refractivity contribution in [3.05, 3.63) is 59.5 Å². The SMILES string of the molecule is COc1cccc(C(=O)N2CCC(c3ccnc4cc(C)nn34)CC2)c1. The molecule has 0 spiro atoms. The number of carbonyl (C=O) groups excluding carboxylic acids is 1. The molecule has 134 valence electrons. The second-order valence-electron chi connectivity index (χ2n) is 6.72. The molecule has 1 fully saturated rings. The molecule has 6 nitrogen and oxygen atoms in total. The number of benzene rings is 1. The summed E-state index contributed by atoms with van der Waals surface area (Å²) in [5.74, 6) is 1.16. The van der Waals surface area contributed by atoms with E-state index in [9.17, 15) is 4.79 Å². The summed E-state index contributed by atoms with van der Waals surface area (Å²) < 4.78 is 7.17. The average Bonchev–Trinajstić information content (AvgIpc) is 3.07. The van der Waals surface area contributed by atoms with E-state index in [1.807, 2.05) is 52.9 Å². The van der Waals surface area contributed by atoms with Crippen LogP contribution < -0.4 is 4.74 Å². The largest absolute Gasteiger partial charge is 0.497 e. The lowest BCUT2D eigenvalue weighted by Crippen LogP contribution is -2.38. The third kappa shape index (κ3) is 3.03. The first-order valence-electron chi connectivity index (χ1n) is 8.90. The van der Waals surface area contributed by atoms with Crippen LogP contribution in [0.15, 0.2) is 42.6 Å². The quantitative estimate of drug-likeness (QED) is 0.728. The lowest BCUT2D eigenvalue weighted by molar-refractivity contribution is 0.0711. The Hall–Kier alpha value is -2.89. The van der Waals surface area contributed by atoms with Gasteiger partial charge in [-0.2, -0.15) is 5.10 Å². The molecule has 0 radical (unpaired) electrons. The van der Waals surface area contributed by atoms with Crippen LogP contribution in [0.3, 0.4) is 0 Å². The molecule has 0 aliphatic carbocycles. The number of amides is 1. The summed E-state index contributed by atoms with van der Waals surface area (Å²) in [5, 5.41) is 4.57. The summed E-state index contributed by atoms with van der Waals surface area (Å²) in [6.45, 7) is 3.46. The first-order chi connectivity index (χ1) is 12.7. The molecule has 1 aliphatic rings. The molecule has 0 bridgehead atoms. The van der Waals surface area contributed by atoms with Crippen LogP contribution in [0.5, 0.6) is 5.75 Å². The van der Waals surface area contributed by atoms with Gasteiger partial charge in [0.2, 0.25) is 0 Å². The van der Waals surface area contributed by atoms with E-state index in [2.05, 4.69) is 10.1 Å². The van der Waals surface area contributed by atoms with Gasteiger partial charge in [0, 0.05) is 42.5 Å². The monoisotopic (exact) mass is 350 g/mol. The van der Waals surface area contributed by atoms with E-state index in [1.54, 1.807) is 13.2 Å². The van der Waals surface area contributed by atoms with Gasteiger partial charge >= 0.3 is 0 Å². The van der Waals surface area contributed by atoms with Crippen molar-refractivity contribution >= 4 is 11.6 Å².